The fourth-order valence-electron chi connectivity index (χ4n) is 3.11. The van der Waals surface area contributed by atoms with Gasteiger partial charge in [0, 0.05) is 19.1 Å². The number of nitrogens with zero attached hydrogens (tertiary/aromatic N) is 1. The predicted molar refractivity (Wildman–Crippen MR) is 71.8 cm³/mol. The van der Waals surface area contributed by atoms with E-state index in [2.05, 4.69) is 44.8 Å². The van der Waals surface area contributed by atoms with E-state index in [0.717, 1.165) is 18.5 Å². The maximum atomic E-state index is 3.74. The lowest BCUT2D eigenvalue weighted by atomic mass is 9.91. The monoisotopic (exact) mass is 226 g/mol. The molecule has 0 aromatic heterocycles. The Morgan fingerprint density at radius 2 is 1.81 bits per heavy atom. The molecule has 0 aromatic carbocycles. The van der Waals surface area contributed by atoms with E-state index < -0.39 is 0 Å². The molecule has 2 heteroatoms. The number of hydrogen-bond donors (Lipinski definition) is 1. The van der Waals surface area contributed by atoms with Gasteiger partial charge in [0.1, 0.15) is 0 Å². The summed E-state index contributed by atoms with van der Waals surface area (Å²) >= 11 is 0. The van der Waals surface area contributed by atoms with Crippen LogP contribution in [0.2, 0.25) is 0 Å². The summed E-state index contributed by atoms with van der Waals surface area (Å²) < 4.78 is 0. The van der Waals surface area contributed by atoms with Gasteiger partial charge in [0.2, 0.25) is 0 Å². The normalized spacial score (nSPS) is 28.9. The minimum absolute atomic E-state index is 0.548. The van der Waals surface area contributed by atoms with Crippen molar-refractivity contribution < 1.29 is 0 Å². The highest BCUT2D eigenvalue weighted by molar-refractivity contribution is 4.91. The van der Waals surface area contributed by atoms with Crippen LogP contribution in [0.25, 0.3) is 0 Å². The van der Waals surface area contributed by atoms with Crippen LogP contribution in [0, 0.1) is 11.3 Å². The van der Waals surface area contributed by atoms with Crippen LogP contribution >= 0.6 is 0 Å². The number of likely N-dealkylation sites (N-methyl/N-ethyl adjacent to an activating group) is 1. The minimum Gasteiger partial charge on any atom is -0.312 e. The van der Waals surface area contributed by atoms with Gasteiger partial charge >= 0.3 is 0 Å². The highest BCUT2D eigenvalue weighted by atomic mass is 15.1. The van der Waals surface area contributed by atoms with Crippen molar-refractivity contribution in [1.29, 1.82) is 0 Å². The van der Waals surface area contributed by atoms with Crippen LogP contribution in [-0.4, -0.2) is 37.1 Å². The highest BCUT2D eigenvalue weighted by Crippen LogP contribution is 2.40. The Bertz CT molecular complexity index is 197. The number of nitrogens with one attached hydrogen (secondary N) is 1. The molecule has 0 heterocycles. The lowest BCUT2D eigenvalue weighted by Gasteiger charge is -2.22. The van der Waals surface area contributed by atoms with Crippen molar-refractivity contribution in [2.45, 2.75) is 53.5 Å². The zero-order valence-electron chi connectivity index (χ0n) is 11.8. The zero-order chi connectivity index (χ0) is 12.2. The molecule has 0 aliphatic heterocycles. The predicted octanol–water partition coefficient (Wildman–Crippen LogP) is 2.74. The van der Waals surface area contributed by atoms with Gasteiger partial charge in [0.05, 0.1) is 0 Å². The molecule has 1 saturated carbocycles. The van der Waals surface area contributed by atoms with Crippen molar-refractivity contribution in [2.24, 2.45) is 11.3 Å². The van der Waals surface area contributed by atoms with Gasteiger partial charge in [-0.2, -0.15) is 0 Å². The molecule has 2 atom stereocenters. The van der Waals surface area contributed by atoms with E-state index in [9.17, 15) is 0 Å². The van der Waals surface area contributed by atoms with E-state index in [0.29, 0.717) is 5.41 Å². The third-order valence-electron chi connectivity index (χ3n) is 4.06. The van der Waals surface area contributed by atoms with Gasteiger partial charge in [0.15, 0.2) is 0 Å². The maximum Gasteiger partial charge on any atom is 0.0107 e. The van der Waals surface area contributed by atoms with Crippen LogP contribution in [-0.2, 0) is 0 Å². The van der Waals surface area contributed by atoms with Crippen LogP contribution in [0.15, 0.2) is 0 Å². The van der Waals surface area contributed by atoms with Gasteiger partial charge in [-0.25, -0.2) is 0 Å². The van der Waals surface area contributed by atoms with E-state index in [1.165, 1.54) is 32.5 Å². The van der Waals surface area contributed by atoms with Crippen molar-refractivity contribution in [3.8, 4) is 0 Å². The first-order valence-electron chi connectivity index (χ1n) is 6.94. The first-order chi connectivity index (χ1) is 7.48. The molecule has 2 nitrogen and oxygen atoms in total. The smallest absolute Gasteiger partial charge is 0.0107 e. The van der Waals surface area contributed by atoms with Crippen molar-refractivity contribution in [2.75, 3.05) is 26.2 Å². The van der Waals surface area contributed by atoms with Gasteiger partial charge in [-0.3, -0.25) is 0 Å². The summed E-state index contributed by atoms with van der Waals surface area (Å²) in [7, 11) is 0. The molecule has 2 unspecified atom stereocenters. The van der Waals surface area contributed by atoms with Crippen LogP contribution in [0.1, 0.15) is 47.5 Å². The molecule has 0 radical (unpaired) electrons. The van der Waals surface area contributed by atoms with Crippen molar-refractivity contribution in [3.63, 3.8) is 0 Å². The van der Waals surface area contributed by atoms with Crippen LogP contribution in [0.5, 0.6) is 0 Å². The van der Waals surface area contributed by atoms with Crippen molar-refractivity contribution in [3.05, 3.63) is 0 Å². The summed E-state index contributed by atoms with van der Waals surface area (Å²) in [4.78, 5) is 2.48. The average Bonchev–Trinajstić information content (AvgIpc) is 2.47. The summed E-state index contributed by atoms with van der Waals surface area (Å²) in [6, 6.07) is 0.741. The van der Waals surface area contributed by atoms with Crippen LogP contribution in [0.4, 0.5) is 0 Å². The third kappa shape index (κ3) is 4.06. The molecular weight excluding hydrogens is 196 g/mol. The molecule has 1 rings (SSSR count). The fraction of sp³-hybridized carbons (Fsp3) is 1.00. The largest absolute Gasteiger partial charge is 0.312 e. The van der Waals surface area contributed by atoms with E-state index in [1.54, 1.807) is 0 Å². The Morgan fingerprint density at radius 3 is 2.25 bits per heavy atom. The molecule has 1 aliphatic carbocycles. The molecule has 0 saturated heterocycles. The molecule has 1 aliphatic rings. The first kappa shape index (κ1) is 14.0. The van der Waals surface area contributed by atoms with Gasteiger partial charge in [-0.1, -0.05) is 34.6 Å². The average molecular weight is 226 g/mol. The Labute approximate surface area is 102 Å². The molecule has 96 valence electrons. The second-order valence-electron chi connectivity index (χ2n) is 6.14. The summed E-state index contributed by atoms with van der Waals surface area (Å²) in [6.45, 7) is 16.3. The molecular formula is C14H30N2. The lowest BCUT2D eigenvalue weighted by Crippen LogP contribution is -2.38. The van der Waals surface area contributed by atoms with Gasteiger partial charge in [0.25, 0.3) is 0 Å². The van der Waals surface area contributed by atoms with E-state index >= 15 is 0 Å². The summed E-state index contributed by atoms with van der Waals surface area (Å²) in [5.74, 6) is 0.840. The van der Waals surface area contributed by atoms with Gasteiger partial charge in [-0.15, -0.1) is 0 Å². The SMILES string of the molecule is CCN(CC)CCNC1CC(C)(C)CC1C. The molecule has 0 bridgehead atoms. The molecule has 0 amide bonds. The molecule has 1 fully saturated rings. The molecule has 0 aromatic rings. The van der Waals surface area contributed by atoms with E-state index in [1.807, 2.05) is 0 Å². The van der Waals surface area contributed by atoms with Crippen LogP contribution < -0.4 is 5.32 Å². The molecule has 16 heavy (non-hydrogen) atoms. The van der Waals surface area contributed by atoms with Gasteiger partial charge in [-0.05, 0) is 37.3 Å². The minimum atomic E-state index is 0.548. The third-order valence-corrected chi connectivity index (χ3v) is 4.06. The zero-order valence-corrected chi connectivity index (χ0v) is 11.8. The number of rotatable bonds is 6. The summed E-state index contributed by atoms with van der Waals surface area (Å²) in [5, 5.41) is 3.74. The fourth-order valence-corrected chi connectivity index (χ4v) is 3.11. The molecule has 1 N–H and O–H groups in total. The van der Waals surface area contributed by atoms with Crippen molar-refractivity contribution >= 4 is 0 Å². The first-order valence-corrected chi connectivity index (χ1v) is 6.94. The quantitative estimate of drug-likeness (QED) is 0.749. The second-order valence-corrected chi connectivity index (χ2v) is 6.14. The Kier molecular flexibility index (Phi) is 5.26. The van der Waals surface area contributed by atoms with E-state index in [4.69, 9.17) is 0 Å². The Morgan fingerprint density at radius 1 is 1.19 bits per heavy atom. The summed E-state index contributed by atoms with van der Waals surface area (Å²) in [6.07, 6.45) is 2.71. The number of hydrogen-bond acceptors (Lipinski definition) is 2. The topological polar surface area (TPSA) is 15.3 Å². The Hall–Kier alpha value is -0.0800. The maximum absolute atomic E-state index is 3.74. The van der Waals surface area contributed by atoms with Gasteiger partial charge < -0.3 is 10.2 Å². The summed E-state index contributed by atoms with van der Waals surface area (Å²) in [5.41, 5.74) is 0.548. The Balaban J connectivity index is 2.23. The van der Waals surface area contributed by atoms with E-state index in [-0.39, 0.29) is 0 Å². The second kappa shape index (κ2) is 6.02. The standard InChI is InChI=1S/C14H30N2/c1-6-16(7-2)9-8-15-13-11-14(4,5)10-12(13)3/h12-13,15H,6-11H2,1-5H3. The molecule has 0 spiro atoms. The highest BCUT2D eigenvalue weighted by Gasteiger charge is 2.35. The van der Waals surface area contributed by atoms with Crippen LogP contribution in [0.3, 0.4) is 0 Å². The van der Waals surface area contributed by atoms with Crippen molar-refractivity contribution in [1.82, 2.24) is 10.2 Å². The lowest BCUT2D eigenvalue weighted by molar-refractivity contribution is 0.288.